The Balaban J connectivity index is 2.41. The highest BCUT2D eigenvalue weighted by molar-refractivity contribution is 5.85. The number of esters is 1. The molecule has 102 valence electrons. The minimum absolute atomic E-state index is 0.194. The van der Waals surface area contributed by atoms with E-state index in [0.717, 1.165) is 6.08 Å². The normalized spacial score (nSPS) is 24.2. The van der Waals surface area contributed by atoms with E-state index in [1.54, 1.807) is 0 Å². The zero-order chi connectivity index (χ0) is 13.9. The fourth-order valence-corrected chi connectivity index (χ4v) is 1.67. The standard InChI is InChI=1S/C11H14F3NO3/c1-6(3-9(16)18-2)15-10(17)7-4-8(5-7)11(12,13)14/h3,7-8H,4-5H2,1-2H3,(H,15,17). The van der Waals surface area contributed by atoms with Gasteiger partial charge in [-0.15, -0.1) is 0 Å². The van der Waals surface area contributed by atoms with E-state index in [-0.39, 0.29) is 18.5 Å². The lowest BCUT2D eigenvalue weighted by Gasteiger charge is -2.35. The fraction of sp³-hybridized carbons (Fsp3) is 0.636. The van der Waals surface area contributed by atoms with Gasteiger partial charge in [0.15, 0.2) is 0 Å². The molecule has 4 nitrogen and oxygen atoms in total. The van der Waals surface area contributed by atoms with Crippen molar-refractivity contribution in [3.05, 3.63) is 11.8 Å². The first kappa shape index (κ1) is 14.5. The summed E-state index contributed by atoms with van der Waals surface area (Å²) in [6, 6.07) is 0. The molecule has 1 rings (SSSR count). The molecule has 0 bridgehead atoms. The van der Waals surface area contributed by atoms with E-state index in [2.05, 4.69) is 10.1 Å². The quantitative estimate of drug-likeness (QED) is 0.625. The summed E-state index contributed by atoms with van der Waals surface area (Å²) in [4.78, 5) is 22.3. The molecule has 1 N–H and O–H groups in total. The van der Waals surface area contributed by atoms with Crippen LogP contribution in [0.25, 0.3) is 0 Å². The van der Waals surface area contributed by atoms with Crippen LogP contribution in [0.1, 0.15) is 19.8 Å². The molecule has 18 heavy (non-hydrogen) atoms. The fourth-order valence-electron chi connectivity index (χ4n) is 1.67. The minimum atomic E-state index is -4.23. The largest absolute Gasteiger partial charge is 0.466 e. The first-order valence-corrected chi connectivity index (χ1v) is 5.38. The van der Waals surface area contributed by atoms with Crippen molar-refractivity contribution in [3.8, 4) is 0 Å². The molecule has 1 fully saturated rings. The van der Waals surface area contributed by atoms with E-state index in [1.807, 2.05) is 0 Å². The van der Waals surface area contributed by atoms with Gasteiger partial charge in [-0.1, -0.05) is 0 Å². The average Bonchev–Trinajstić information content (AvgIpc) is 2.11. The van der Waals surface area contributed by atoms with Crippen LogP contribution in [0.2, 0.25) is 0 Å². The maximum Gasteiger partial charge on any atom is 0.391 e. The van der Waals surface area contributed by atoms with Crippen LogP contribution in [-0.4, -0.2) is 25.2 Å². The Bertz CT molecular complexity index is 370. The lowest BCUT2D eigenvalue weighted by Crippen LogP contribution is -2.43. The highest BCUT2D eigenvalue weighted by Gasteiger charge is 2.49. The molecule has 0 saturated heterocycles. The topological polar surface area (TPSA) is 55.4 Å². The second-order valence-corrected chi connectivity index (χ2v) is 4.25. The van der Waals surface area contributed by atoms with Crippen molar-refractivity contribution < 1.29 is 27.5 Å². The first-order chi connectivity index (χ1) is 8.24. The van der Waals surface area contributed by atoms with E-state index >= 15 is 0 Å². The molecule has 0 aromatic heterocycles. The van der Waals surface area contributed by atoms with Crippen molar-refractivity contribution in [1.82, 2.24) is 5.32 Å². The van der Waals surface area contributed by atoms with Crippen molar-refractivity contribution in [2.45, 2.75) is 25.9 Å². The van der Waals surface area contributed by atoms with Gasteiger partial charge in [0.1, 0.15) is 0 Å². The van der Waals surface area contributed by atoms with Crippen molar-refractivity contribution in [2.75, 3.05) is 7.11 Å². The van der Waals surface area contributed by atoms with E-state index in [1.165, 1.54) is 14.0 Å². The maximum atomic E-state index is 12.2. The highest BCUT2D eigenvalue weighted by Crippen LogP contribution is 2.44. The van der Waals surface area contributed by atoms with Gasteiger partial charge >= 0.3 is 12.1 Å². The van der Waals surface area contributed by atoms with Crippen LogP contribution in [0, 0.1) is 11.8 Å². The van der Waals surface area contributed by atoms with Crippen molar-refractivity contribution in [1.29, 1.82) is 0 Å². The summed E-state index contributed by atoms with van der Waals surface area (Å²) in [5.74, 6) is -3.15. The zero-order valence-electron chi connectivity index (χ0n) is 10.0. The summed E-state index contributed by atoms with van der Waals surface area (Å²) in [5, 5.41) is 2.37. The molecule has 1 amide bonds. The molecule has 0 aliphatic heterocycles. The molecule has 0 atom stereocenters. The number of allylic oxidation sites excluding steroid dienone is 1. The SMILES string of the molecule is COC(=O)C=C(C)NC(=O)C1CC(C(F)(F)F)C1. The van der Waals surface area contributed by atoms with Gasteiger partial charge in [0.05, 0.1) is 13.0 Å². The summed E-state index contributed by atoms with van der Waals surface area (Å²) < 4.78 is 41.0. The Hall–Kier alpha value is -1.53. The van der Waals surface area contributed by atoms with Crippen LogP contribution < -0.4 is 5.32 Å². The zero-order valence-corrected chi connectivity index (χ0v) is 10.0. The number of nitrogens with one attached hydrogen (secondary N) is 1. The van der Waals surface area contributed by atoms with Gasteiger partial charge in [-0.2, -0.15) is 13.2 Å². The second-order valence-electron chi connectivity index (χ2n) is 4.25. The Kier molecular flexibility index (Phi) is 4.37. The summed E-state index contributed by atoms with van der Waals surface area (Å²) >= 11 is 0. The van der Waals surface area contributed by atoms with Crippen LogP contribution in [-0.2, 0) is 14.3 Å². The molecule has 1 aliphatic rings. The molecule has 1 aliphatic carbocycles. The van der Waals surface area contributed by atoms with E-state index < -0.39 is 29.9 Å². The molecule has 0 heterocycles. The van der Waals surface area contributed by atoms with Crippen LogP contribution in [0.5, 0.6) is 0 Å². The Morgan fingerprint density at radius 3 is 2.33 bits per heavy atom. The van der Waals surface area contributed by atoms with Crippen LogP contribution >= 0.6 is 0 Å². The summed E-state index contributed by atoms with van der Waals surface area (Å²) in [7, 11) is 1.19. The van der Waals surface area contributed by atoms with Gasteiger partial charge in [0.25, 0.3) is 0 Å². The lowest BCUT2D eigenvalue weighted by atomic mass is 9.74. The smallest absolute Gasteiger partial charge is 0.391 e. The van der Waals surface area contributed by atoms with E-state index in [9.17, 15) is 22.8 Å². The number of methoxy groups -OCH3 is 1. The molecular formula is C11H14F3NO3. The van der Waals surface area contributed by atoms with Gasteiger partial charge in [-0.3, -0.25) is 4.79 Å². The predicted molar refractivity (Wildman–Crippen MR) is 56.2 cm³/mol. The number of rotatable bonds is 3. The van der Waals surface area contributed by atoms with Crippen LogP contribution in [0.3, 0.4) is 0 Å². The number of hydrogen-bond donors (Lipinski definition) is 1. The molecule has 0 aromatic rings. The Labute approximate surface area is 102 Å². The molecule has 0 unspecified atom stereocenters. The third kappa shape index (κ3) is 3.75. The Morgan fingerprint density at radius 2 is 1.89 bits per heavy atom. The lowest BCUT2D eigenvalue weighted by molar-refractivity contribution is -0.204. The monoisotopic (exact) mass is 265 g/mol. The number of amides is 1. The summed E-state index contributed by atoms with van der Waals surface area (Å²) in [5.41, 5.74) is 0.252. The van der Waals surface area contributed by atoms with Crippen molar-refractivity contribution >= 4 is 11.9 Å². The van der Waals surface area contributed by atoms with Gasteiger partial charge in [-0.05, 0) is 19.8 Å². The van der Waals surface area contributed by atoms with E-state index in [0.29, 0.717) is 0 Å². The average molecular weight is 265 g/mol. The van der Waals surface area contributed by atoms with Crippen molar-refractivity contribution in [2.24, 2.45) is 11.8 Å². The second kappa shape index (κ2) is 5.41. The summed E-state index contributed by atoms with van der Waals surface area (Å²) in [6.07, 6.45) is -3.55. The van der Waals surface area contributed by atoms with Gasteiger partial charge in [-0.25, -0.2) is 4.79 Å². The van der Waals surface area contributed by atoms with Crippen LogP contribution in [0.15, 0.2) is 11.8 Å². The number of ether oxygens (including phenoxy) is 1. The number of hydrogen-bond acceptors (Lipinski definition) is 3. The molecule has 7 heteroatoms. The number of halogens is 3. The molecule has 0 aromatic carbocycles. The third-order valence-electron chi connectivity index (χ3n) is 2.83. The molecule has 0 radical (unpaired) electrons. The maximum absolute atomic E-state index is 12.2. The van der Waals surface area contributed by atoms with Crippen molar-refractivity contribution in [3.63, 3.8) is 0 Å². The summed E-state index contributed by atoms with van der Waals surface area (Å²) in [6.45, 7) is 1.47. The van der Waals surface area contributed by atoms with Gasteiger partial charge < -0.3 is 10.1 Å². The number of carbonyl (C=O) groups is 2. The third-order valence-corrected chi connectivity index (χ3v) is 2.83. The van der Waals surface area contributed by atoms with Crippen LogP contribution in [0.4, 0.5) is 13.2 Å². The van der Waals surface area contributed by atoms with Gasteiger partial charge in [0, 0.05) is 17.7 Å². The minimum Gasteiger partial charge on any atom is -0.466 e. The molecular weight excluding hydrogens is 251 g/mol. The molecule has 1 saturated carbocycles. The number of alkyl halides is 3. The predicted octanol–water partition coefficient (Wildman–Crippen LogP) is 1.77. The van der Waals surface area contributed by atoms with E-state index in [4.69, 9.17) is 0 Å². The van der Waals surface area contributed by atoms with Gasteiger partial charge in [0.2, 0.25) is 5.91 Å². The first-order valence-electron chi connectivity index (χ1n) is 5.38. The molecule has 0 spiro atoms. The Morgan fingerprint density at radius 1 is 1.33 bits per heavy atom. The number of carbonyl (C=O) groups excluding carboxylic acids is 2. The highest BCUT2D eigenvalue weighted by atomic mass is 19.4.